The molecular formula is C4H9Na3O8S. The molecule has 0 aromatic rings. The van der Waals surface area contributed by atoms with Gasteiger partial charge in [0, 0.05) is 0 Å². The van der Waals surface area contributed by atoms with Crippen molar-refractivity contribution in [2.24, 2.45) is 0 Å². The summed E-state index contributed by atoms with van der Waals surface area (Å²) in [7, 11) is -5.14. The van der Waals surface area contributed by atoms with Crippen molar-refractivity contribution in [1.82, 2.24) is 0 Å². The van der Waals surface area contributed by atoms with Crippen LogP contribution in [-0.4, -0.2) is 140 Å². The van der Waals surface area contributed by atoms with Crippen LogP contribution in [0.15, 0.2) is 0 Å². The molecule has 0 aliphatic carbocycles. The Morgan fingerprint density at radius 3 is 1.31 bits per heavy atom. The summed E-state index contributed by atoms with van der Waals surface area (Å²) in [6.45, 7) is 0. The molecule has 0 saturated carbocycles. The Bertz CT molecular complexity index is 326. The van der Waals surface area contributed by atoms with Crippen molar-refractivity contribution in [1.29, 1.82) is 0 Å². The molecule has 4 N–H and O–H groups in total. The number of hydrogen-bond donors (Lipinski definition) is 4. The second-order valence-electron chi connectivity index (χ2n) is 2.06. The first-order valence-corrected chi connectivity index (χ1v) is 4.28. The first kappa shape index (κ1) is 26.4. The molecule has 12 heteroatoms. The number of rotatable bonds is 4. The topological polar surface area (TPSA) is 149 Å². The molecule has 0 spiro atoms. The zero-order valence-electron chi connectivity index (χ0n) is 5.98. The van der Waals surface area contributed by atoms with E-state index in [1.165, 1.54) is 0 Å². The molecule has 2 unspecified atom stereocenters. The van der Waals surface area contributed by atoms with Gasteiger partial charge in [0.25, 0.3) is 10.1 Å². The van der Waals surface area contributed by atoms with Crippen molar-refractivity contribution in [2.75, 3.05) is 0 Å². The maximum absolute atomic E-state index is 10.3. The molecule has 82 valence electrons. The molecule has 0 aromatic carbocycles. The Balaban J connectivity index is -0.000000240. The number of aliphatic hydroxyl groups is 1. The van der Waals surface area contributed by atoms with Gasteiger partial charge in [0.1, 0.15) is 0 Å². The predicted molar refractivity (Wildman–Crippen MR) is 58.1 cm³/mol. The van der Waals surface area contributed by atoms with E-state index in [1.54, 1.807) is 0 Å². The van der Waals surface area contributed by atoms with Crippen LogP contribution in [0, 0.1) is 0 Å². The molecule has 2 atom stereocenters. The number of aliphatic hydroxyl groups excluding tert-OH is 1. The van der Waals surface area contributed by atoms with Crippen LogP contribution in [0.1, 0.15) is 0 Å². The standard InChI is InChI=1S/C4H6O8S.3Na.3H/c5-1(3(6)7)2(4(8)9)13(10,11)12;;;;;;/h1-2,5H,(H,6,7)(H,8,9)(H,10,11,12);;;;;;. The van der Waals surface area contributed by atoms with Crippen LogP contribution in [0.4, 0.5) is 0 Å². The van der Waals surface area contributed by atoms with Crippen LogP contribution >= 0.6 is 0 Å². The predicted octanol–water partition coefficient (Wildman–Crippen LogP) is -4.17. The Morgan fingerprint density at radius 2 is 1.25 bits per heavy atom. The summed E-state index contributed by atoms with van der Waals surface area (Å²) in [5, 5.41) is 22.0. The van der Waals surface area contributed by atoms with Gasteiger partial charge in [-0.05, 0) is 0 Å². The summed E-state index contributed by atoms with van der Waals surface area (Å²) in [5.41, 5.74) is 0. The first-order chi connectivity index (χ1) is 5.68. The van der Waals surface area contributed by atoms with Crippen LogP contribution in [0.5, 0.6) is 0 Å². The summed E-state index contributed by atoms with van der Waals surface area (Å²) >= 11 is 0. The van der Waals surface area contributed by atoms with Gasteiger partial charge in [-0.3, -0.25) is 9.35 Å². The fourth-order valence-corrected chi connectivity index (χ4v) is 1.25. The minimum absolute atomic E-state index is 0. The zero-order chi connectivity index (χ0) is 10.8. The Labute approximate surface area is 157 Å². The summed E-state index contributed by atoms with van der Waals surface area (Å²) in [5.74, 6) is -4.19. The number of carbonyl (C=O) groups is 2. The molecule has 8 nitrogen and oxygen atoms in total. The van der Waals surface area contributed by atoms with Crippen molar-refractivity contribution in [2.45, 2.75) is 11.4 Å². The quantitative estimate of drug-likeness (QED) is 0.300. The second kappa shape index (κ2) is 10.7. The van der Waals surface area contributed by atoms with E-state index in [0.717, 1.165) is 0 Å². The summed E-state index contributed by atoms with van der Waals surface area (Å²) in [4.78, 5) is 20.1. The maximum atomic E-state index is 10.3. The Morgan fingerprint density at radius 1 is 0.938 bits per heavy atom. The number of carboxylic acids is 2. The first-order valence-electron chi connectivity index (χ1n) is 2.78. The third-order valence-corrected chi connectivity index (χ3v) is 2.21. The fraction of sp³-hybridized carbons (Fsp3) is 0.500. The number of carboxylic acid groups (broad SMARTS) is 2. The number of hydrogen-bond acceptors (Lipinski definition) is 5. The summed E-state index contributed by atoms with van der Waals surface area (Å²) in [6, 6.07) is 0. The zero-order valence-corrected chi connectivity index (χ0v) is 6.80. The van der Waals surface area contributed by atoms with Crippen molar-refractivity contribution >= 4 is 111 Å². The van der Waals surface area contributed by atoms with Crippen LogP contribution in [0.25, 0.3) is 0 Å². The van der Waals surface area contributed by atoms with Crippen LogP contribution < -0.4 is 0 Å². The third-order valence-electron chi connectivity index (χ3n) is 1.10. The van der Waals surface area contributed by atoms with Crippen molar-refractivity contribution < 1.29 is 37.9 Å². The van der Waals surface area contributed by atoms with Gasteiger partial charge in [0.15, 0.2) is 6.10 Å². The van der Waals surface area contributed by atoms with E-state index in [-0.39, 0.29) is 88.7 Å². The minimum atomic E-state index is -5.14. The molecule has 0 fully saturated rings. The molecule has 0 aromatic heterocycles. The average Bonchev–Trinajstić information content (AvgIpc) is 1.82. The van der Waals surface area contributed by atoms with E-state index in [4.69, 9.17) is 19.9 Å². The molecular weight excluding hydrogens is 277 g/mol. The second-order valence-corrected chi connectivity index (χ2v) is 3.59. The van der Waals surface area contributed by atoms with Gasteiger partial charge in [0.05, 0.1) is 0 Å². The molecule has 0 rings (SSSR count). The van der Waals surface area contributed by atoms with Gasteiger partial charge >= 0.3 is 101 Å². The van der Waals surface area contributed by atoms with E-state index in [0.29, 0.717) is 0 Å². The molecule has 0 amide bonds. The Hall–Kier alpha value is 1.81. The third kappa shape index (κ3) is 8.84. The Kier molecular flexibility index (Phi) is 17.7. The van der Waals surface area contributed by atoms with Crippen LogP contribution in [0.3, 0.4) is 0 Å². The van der Waals surface area contributed by atoms with Crippen LogP contribution in [0.2, 0.25) is 0 Å². The van der Waals surface area contributed by atoms with E-state index >= 15 is 0 Å². The van der Waals surface area contributed by atoms with E-state index in [1.807, 2.05) is 0 Å². The molecule has 0 heterocycles. The van der Waals surface area contributed by atoms with Gasteiger partial charge in [0.2, 0.25) is 5.25 Å². The fourth-order valence-electron chi connectivity index (χ4n) is 0.555. The van der Waals surface area contributed by atoms with E-state index < -0.39 is 33.4 Å². The van der Waals surface area contributed by atoms with Gasteiger partial charge in [-0.15, -0.1) is 0 Å². The monoisotopic (exact) mass is 286 g/mol. The van der Waals surface area contributed by atoms with Crippen molar-refractivity contribution in [3.8, 4) is 0 Å². The van der Waals surface area contributed by atoms with E-state index in [9.17, 15) is 18.0 Å². The van der Waals surface area contributed by atoms with Gasteiger partial charge in [-0.25, -0.2) is 4.79 Å². The van der Waals surface area contributed by atoms with E-state index in [2.05, 4.69) is 0 Å². The summed E-state index contributed by atoms with van der Waals surface area (Å²) < 4.78 is 28.8. The number of aliphatic carboxylic acids is 2. The summed E-state index contributed by atoms with van der Waals surface area (Å²) in [6.07, 6.45) is -2.70. The van der Waals surface area contributed by atoms with Gasteiger partial charge in [-0.1, -0.05) is 0 Å². The molecule has 0 bridgehead atoms. The molecule has 0 saturated heterocycles. The SMILES string of the molecule is O=C(O)C(O)C(C(=O)O)S(=O)(=O)O.[NaH].[NaH].[NaH]. The molecule has 0 aliphatic rings. The molecule has 16 heavy (non-hydrogen) atoms. The van der Waals surface area contributed by atoms with Crippen molar-refractivity contribution in [3.05, 3.63) is 0 Å². The normalized spacial score (nSPS) is 13.1. The average molecular weight is 286 g/mol. The van der Waals surface area contributed by atoms with Gasteiger partial charge in [-0.2, -0.15) is 8.42 Å². The molecule has 0 radical (unpaired) electrons. The molecule has 0 aliphatic heterocycles. The van der Waals surface area contributed by atoms with Crippen LogP contribution in [-0.2, 0) is 19.7 Å². The van der Waals surface area contributed by atoms with Crippen molar-refractivity contribution in [3.63, 3.8) is 0 Å². The van der Waals surface area contributed by atoms with Gasteiger partial charge < -0.3 is 15.3 Å².